The highest BCUT2D eigenvalue weighted by molar-refractivity contribution is 9.08. The van der Waals surface area contributed by atoms with Crippen molar-refractivity contribution < 1.29 is 14.6 Å². The number of hydrogen-bond donors (Lipinski definition) is 2. The molecule has 19 heavy (non-hydrogen) atoms. The molecule has 2 atom stereocenters. The van der Waals surface area contributed by atoms with Gasteiger partial charge in [0.25, 0.3) is 5.91 Å². The summed E-state index contributed by atoms with van der Waals surface area (Å²) < 4.78 is 5.33. The van der Waals surface area contributed by atoms with Crippen LogP contribution in [0, 0.1) is 0 Å². The summed E-state index contributed by atoms with van der Waals surface area (Å²) in [7, 11) is 0. The Morgan fingerprint density at radius 2 is 2.21 bits per heavy atom. The second-order valence-electron chi connectivity index (χ2n) is 4.88. The summed E-state index contributed by atoms with van der Waals surface area (Å²) in [6.07, 6.45) is 0.306. The molecule has 1 aromatic rings. The molecular weight excluding hydrogens is 310 g/mol. The molecule has 2 N–H and O–H groups in total. The standard InChI is InChI=1S/C14H18BrNO3/c1-10-14(18,6-7-19-10)9-16-13(17)12-4-2-11(8-15)3-5-12/h2-5,10,18H,6-9H2,1H3,(H,16,17). The van der Waals surface area contributed by atoms with Gasteiger partial charge in [0.1, 0.15) is 5.60 Å². The number of nitrogens with one attached hydrogen (secondary N) is 1. The molecule has 1 aliphatic heterocycles. The number of aliphatic hydroxyl groups is 1. The normalized spacial score (nSPS) is 26.4. The average Bonchev–Trinajstić information content (AvgIpc) is 2.77. The van der Waals surface area contributed by atoms with E-state index in [1.807, 2.05) is 19.1 Å². The second kappa shape index (κ2) is 6.03. The van der Waals surface area contributed by atoms with Crippen LogP contribution in [0.2, 0.25) is 0 Å². The van der Waals surface area contributed by atoms with Crippen molar-refractivity contribution in [2.75, 3.05) is 13.2 Å². The van der Waals surface area contributed by atoms with Crippen molar-refractivity contribution in [1.82, 2.24) is 5.32 Å². The summed E-state index contributed by atoms with van der Waals surface area (Å²) >= 11 is 3.36. The highest BCUT2D eigenvalue weighted by Gasteiger charge is 2.39. The number of benzene rings is 1. The van der Waals surface area contributed by atoms with Gasteiger partial charge in [-0.1, -0.05) is 28.1 Å². The number of ether oxygens (including phenoxy) is 1. The molecule has 0 saturated carbocycles. The Morgan fingerprint density at radius 1 is 1.53 bits per heavy atom. The lowest BCUT2D eigenvalue weighted by Crippen LogP contribution is -2.47. The van der Waals surface area contributed by atoms with Crippen LogP contribution in [0.4, 0.5) is 0 Å². The second-order valence-corrected chi connectivity index (χ2v) is 5.44. The molecule has 1 heterocycles. The molecule has 1 amide bonds. The summed E-state index contributed by atoms with van der Waals surface area (Å²) in [5.41, 5.74) is 0.763. The lowest BCUT2D eigenvalue weighted by atomic mass is 9.96. The topological polar surface area (TPSA) is 58.6 Å². The molecule has 1 aliphatic rings. The molecular formula is C14H18BrNO3. The Kier molecular flexibility index (Phi) is 4.60. The van der Waals surface area contributed by atoms with E-state index in [-0.39, 0.29) is 18.6 Å². The SMILES string of the molecule is CC1OCCC1(O)CNC(=O)c1ccc(CBr)cc1. The van der Waals surface area contributed by atoms with E-state index >= 15 is 0 Å². The first-order valence-electron chi connectivity index (χ1n) is 6.32. The van der Waals surface area contributed by atoms with Crippen LogP contribution in [-0.2, 0) is 10.1 Å². The first kappa shape index (κ1) is 14.5. The van der Waals surface area contributed by atoms with Gasteiger partial charge in [-0.25, -0.2) is 0 Å². The van der Waals surface area contributed by atoms with Gasteiger partial charge >= 0.3 is 0 Å². The fourth-order valence-corrected chi connectivity index (χ4v) is 2.46. The van der Waals surface area contributed by atoms with Gasteiger partial charge in [-0.3, -0.25) is 4.79 Å². The first-order valence-corrected chi connectivity index (χ1v) is 7.44. The van der Waals surface area contributed by atoms with E-state index in [0.29, 0.717) is 18.6 Å². The van der Waals surface area contributed by atoms with Gasteiger partial charge in [0.05, 0.1) is 6.10 Å². The van der Waals surface area contributed by atoms with E-state index in [1.165, 1.54) is 0 Å². The molecule has 0 radical (unpaired) electrons. The van der Waals surface area contributed by atoms with E-state index in [4.69, 9.17) is 4.74 Å². The van der Waals surface area contributed by atoms with Gasteiger partial charge in [-0.05, 0) is 24.6 Å². The molecule has 4 nitrogen and oxygen atoms in total. The molecule has 0 spiro atoms. The van der Waals surface area contributed by atoms with Crippen molar-refractivity contribution in [3.63, 3.8) is 0 Å². The van der Waals surface area contributed by atoms with Crippen molar-refractivity contribution in [3.8, 4) is 0 Å². The minimum atomic E-state index is -0.953. The first-order chi connectivity index (χ1) is 9.05. The minimum Gasteiger partial charge on any atom is -0.385 e. The van der Waals surface area contributed by atoms with Crippen LogP contribution in [0.25, 0.3) is 0 Å². The fourth-order valence-electron chi connectivity index (χ4n) is 2.08. The van der Waals surface area contributed by atoms with Crippen LogP contribution in [0.3, 0.4) is 0 Å². The summed E-state index contributed by atoms with van der Waals surface area (Å²) in [6, 6.07) is 7.37. The van der Waals surface area contributed by atoms with Crippen molar-refractivity contribution >= 4 is 21.8 Å². The van der Waals surface area contributed by atoms with Gasteiger partial charge in [-0.15, -0.1) is 0 Å². The maximum atomic E-state index is 12.0. The fraction of sp³-hybridized carbons (Fsp3) is 0.500. The third kappa shape index (κ3) is 3.35. The molecule has 0 aliphatic carbocycles. The minimum absolute atomic E-state index is 0.173. The van der Waals surface area contributed by atoms with Crippen LogP contribution in [0.5, 0.6) is 0 Å². The van der Waals surface area contributed by atoms with E-state index in [0.717, 1.165) is 10.9 Å². The number of alkyl halides is 1. The van der Waals surface area contributed by atoms with E-state index in [1.54, 1.807) is 12.1 Å². The number of hydrogen-bond acceptors (Lipinski definition) is 3. The largest absolute Gasteiger partial charge is 0.385 e. The molecule has 0 bridgehead atoms. The molecule has 2 rings (SSSR count). The Balaban J connectivity index is 1.93. The smallest absolute Gasteiger partial charge is 0.251 e. The van der Waals surface area contributed by atoms with Gasteiger partial charge < -0.3 is 15.2 Å². The lowest BCUT2D eigenvalue weighted by Gasteiger charge is -2.26. The molecule has 1 fully saturated rings. The van der Waals surface area contributed by atoms with Gasteiger partial charge in [0.2, 0.25) is 0 Å². The average molecular weight is 328 g/mol. The highest BCUT2D eigenvalue weighted by atomic mass is 79.9. The zero-order valence-electron chi connectivity index (χ0n) is 10.9. The molecule has 2 unspecified atom stereocenters. The predicted molar refractivity (Wildman–Crippen MR) is 76.4 cm³/mol. The number of carbonyl (C=O) groups is 1. The van der Waals surface area contributed by atoms with Crippen molar-refractivity contribution in [2.45, 2.75) is 30.4 Å². The molecule has 5 heteroatoms. The Hall–Kier alpha value is -0.910. The monoisotopic (exact) mass is 327 g/mol. The zero-order valence-corrected chi connectivity index (χ0v) is 12.4. The molecule has 1 saturated heterocycles. The van der Waals surface area contributed by atoms with E-state index in [2.05, 4.69) is 21.2 Å². The van der Waals surface area contributed by atoms with Crippen molar-refractivity contribution in [1.29, 1.82) is 0 Å². The van der Waals surface area contributed by atoms with Crippen molar-refractivity contribution in [2.24, 2.45) is 0 Å². The predicted octanol–water partition coefficient (Wildman–Crippen LogP) is 1.85. The molecule has 0 aromatic heterocycles. The third-order valence-corrected chi connectivity index (χ3v) is 4.23. The quantitative estimate of drug-likeness (QED) is 0.830. The number of rotatable bonds is 4. The van der Waals surface area contributed by atoms with Gasteiger partial charge in [0.15, 0.2) is 0 Å². The van der Waals surface area contributed by atoms with Crippen LogP contribution >= 0.6 is 15.9 Å². The third-order valence-electron chi connectivity index (χ3n) is 3.59. The summed E-state index contributed by atoms with van der Waals surface area (Å²) in [4.78, 5) is 12.0. The molecule has 1 aromatic carbocycles. The van der Waals surface area contributed by atoms with Crippen LogP contribution < -0.4 is 5.32 Å². The van der Waals surface area contributed by atoms with E-state index < -0.39 is 5.60 Å². The van der Waals surface area contributed by atoms with Crippen molar-refractivity contribution in [3.05, 3.63) is 35.4 Å². The summed E-state index contributed by atoms with van der Waals surface area (Å²) in [5.74, 6) is -0.173. The van der Waals surface area contributed by atoms with Crippen LogP contribution in [0.1, 0.15) is 29.3 Å². The Morgan fingerprint density at radius 3 is 2.74 bits per heavy atom. The molecule has 104 valence electrons. The Bertz CT molecular complexity index is 449. The zero-order chi connectivity index (χ0) is 13.9. The number of amides is 1. The van der Waals surface area contributed by atoms with Gasteiger partial charge in [0, 0.05) is 30.5 Å². The maximum Gasteiger partial charge on any atom is 0.251 e. The van der Waals surface area contributed by atoms with Gasteiger partial charge in [-0.2, -0.15) is 0 Å². The summed E-state index contributed by atoms with van der Waals surface area (Å²) in [5, 5.41) is 13.8. The van der Waals surface area contributed by atoms with Crippen LogP contribution in [0.15, 0.2) is 24.3 Å². The lowest BCUT2D eigenvalue weighted by molar-refractivity contribution is -0.0251. The Labute approximate surface area is 121 Å². The van der Waals surface area contributed by atoms with Crippen LogP contribution in [-0.4, -0.2) is 35.9 Å². The summed E-state index contributed by atoms with van der Waals surface area (Å²) in [6.45, 7) is 2.57. The highest BCUT2D eigenvalue weighted by Crippen LogP contribution is 2.24. The van der Waals surface area contributed by atoms with E-state index in [9.17, 15) is 9.90 Å². The number of halogens is 1. The number of carbonyl (C=O) groups excluding carboxylic acids is 1. The maximum absolute atomic E-state index is 12.0.